The molecule has 0 atom stereocenters. The van der Waals surface area contributed by atoms with E-state index < -0.39 is 0 Å². The van der Waals surface area contributed by atoms with Gasteiger partial charge in [-0.05, 0) is 19.1 Å². The average Bonchev–Trinajstić information content (AvgIpc) is 3.09. The Kier molecular flexibility index (Phi) is 4.17. The van der Waals surface area contributed by atoms with E-state index in [9.17, 15) is 4.79 Å². The Morgan fingerprint density at radius 2 is 2.09 bits per heavy atom. The summed E-state index contributed by atoms with van der Waals surface area (Å²) in [5, 5.41) is 4.87. The highest BCUT2D eigenvalue weighted by Crippen LogP contribution is 2.26. The standard InChI is InChI=1S/C17H19N3O2S/c1-10(2)16-15(11(3)19-22-16)17(21)20(4)9-14-18-12-7-5-6-8-13(12)23-14/h5-8,10H,9H2,1-4H3. The zero-order valence-electron chi connectivity index (χ0n) is 13.7. The molecule has 3 rings (SSSR count). The first-order valence-corrected chi connectivity index (χ1v) is 8.35. The summed E-state index contributed by atoms with van der Waals surface area (Å²) in [5.41, 5.74) is 2.18. The molecule has 6 heteroatoms. The van der Waals surface area contributed by atoms with Gasteiger partial charge in [0.1, 0.15) is 10.6 Å². The smallest absolute Gasteiger partial charge is 0.259 e. The van der Waals surface area contributed by atoms with Crippen molar-refractivity contribution in [1.82, 2.24) is 15.0 Å². The molecule has 0 bridgehead atoms. The molecule has 1 amide bonds. The van der Waals surface area contributed by atoms with Gasteiger partial charge in [0.2, 0.25) is 0 Å². The lowest BCUT2D eigenvalue weighted by Gasteiger charge is -2.16. The highest BCUT2D eigenvalue weighted by molar-refractivity contribution is 7.18. The van der Waals surface area contributed by atoms with Crippen molar-refractivity contribution < 1.29 is 9.32 Å². The van der Waals surface area contributed by atoms with E-state index >= 15 is 0 Å². The van der Waals surface area contributed by atoms with Gasteiger partial charge in [-0.1, -0.05) is 31.1 Å². The van der Waals surface area contributed by atoms with Gasteiger partial charge in [-0.25, -0.2) is 4.98 Å². The number of benzene rings is 1. The molecule has 0 aliphatic heterocycles. The van der Waals surface area contributed by atoms with Crippen molar-refractivity contribution in [3.63, 3.8) is 0 Å². The Labute approximate surface area is 138 Å². The molecule has 23 heavy (non-hydrogen) atoms. The molecule has 0 saturated heterocycles. The van der Waals surface area contributed by atoms with Crippen LogP contribution in [0.15, 0.2) is 28.8 Å². The topological polar surface area (TPSA) is 59.2 Å². The van der Waals surface area contributed by atoms with Crippen LogP contribution in [0.3, 0.4) is 0 Å². The van der Waals surface area contributed by atoms with Crippen molar-refractivity contribution in [2.75, 3.05) is 7.05 Å². The van der Waals surface area contributed by atoms with Crippen LogP contribution in [0.25, 0.3) is 10.2 Å². The van der Waals surface area contributed by atoms with E-state index in [1.54, 1.807) is 30.2 Å². The lowest BCUT2D eigenvalue weighted by molar-refractivity contribution is 0.0781. The first-order chi connectivity index (χ1) is 11.0. The minimum absolute atomic E-state index is 0.0771. The number of fused-ring (bicyclic) bond motifs is 1. The second-order valence-corrected chi connectivity index (χ2v) is 7.01. The fraction of sp³-hybridized carbons (Fsp3) is 0.353. The number of aryl methyl sites for hydroxylation is 1. The third-order valence-electron chi connectivity index (χ3n) is 3.68. The molecular formula is C17H19N3O2S. The monoisotopic (exact) mass is 329 g/mol. The zero-order chi connectivity index (χ0) is 16.6. The first-order valence-electron chi connectivity index (χ1n) is 7.53. The lowest BCUT2D eigenvalue weighted by Crippen LogP contribution is -2.27. The average molecular weight is 329 g/mol. The van der Waals surface area contributed by atoms with Gasteiger partial charge < -0.3 is 9.42 Å². The van der Waals surface area contributed by atoms with Crippen LogP contribution in [0.2, 0.25) is 0 Å². The highest BCUT2D eigenvalue weighted by atomic mass is 32.1. The number of aromatic nitrogens is 2. The summed E-state index contributed by atoms with van der Waals surface area (Å²) in [6.07, 6.45) is 0. The van der Waals surface area contributed by atoms with Gasteiger partial charge in [0.15, 0.2) is 5.76 Å². The minimum atomic E-state index is -0.0771. The van der Waals surface area contributed by atoms with Gasteiger partial charge in [0.05, 0.1) is 22.5 Å². The van der Waals surface area contributed by atoms with Crippen LogP contribution in [0, 0.1) is 6.92 Å². The van der Waals surface area contributed by atoms with E-state index in [0.717, 1.165) is 15.2 Å². The molecule has 0 aliphatic carbocycles. The Hall–Kier alpha value is -2.21. The van der Waals surface area contributed by atoms with E-state index in [1.807, 2.05) is 38.1 Å². The molecule has 120 valence electrons. The Balaban J connectivity index is 1.84. The van der Waals surface area contributed by atoms with Crippen molar-refractivity contribution in [1.29, 1.82) is 0 Å². The largest absolute Gasteiger partial charge is 0.360 e. The summed E-state index contributed by atoms with van der Waals surface area (Å²) in [6, 6.07) is 7.99. The summed E-state index contributed by atoms with van der Waals surface area (Å²) < 4.78 is 6.45. The summed E-state index contributed by atoms with van der Waals surface area (Å²) in [5.74, 6) is 0.682. The van der Waals surface area contributed by atoms with Gasteiger partial charge in [0, 0.05) is 13.0 Å². The number of amides is 1. The number of carbonyl (C=O) groups is 1. The fourth-order valence-electron chi connectivity index (χ4n) is 2.49. The number of para-hydroxylation sites is 1. The SMILES string of the molecule is Cc1noc(C(C)C)c1C(=O)N(C)Cc1nc2ccccc2s1. The molecule has 0 radical (unpaired) electrons. The molecule has 5 nitrogen and oxygen atoms in total. The maximum atomic E-state index is 12.8. The van der Waals surface area contributed by atoms with Crippen LogP contribution in [0.4, 0.5) is 0 Å². The second-order valence-electron chi connectivity index (χ2n) is 5.90. The molecule has 0 saturated carbocycles. The van der Waals surface area contributed by atoms with Crippen LogP contribution < -0.4 is 0 Å². The number of thiazole rings is 1. The second kappa shape index (κ2) is 6.12. The van der Waals surface area contributed by atoms with Crippen LogP contribution in [-0.2, 0) is 6.54 Å². The lowest BCUT2D eigenvalue weighted by atomic mass is 10.0. The molecule has 3 aromatic rings. The molecule has 1 aromatic carbocycles. The molecule has 0 N–H and O–H groups in total. The maximum absolute atomic E-state index is 12.8. The molecule has 0 fully saturated rings. The maximum Gasteiger partial charge on any atom is 0.259 e. The van der Waals surface area contributed by atoms with Gasteiger partial charge in [0.25, 0.3) is 5.91 Å². The van der Waals surface area contributed by atoms with Crippen LogP contribution >= 0.6 is 11.3 Å². The van der Waals surface area contributed by atoms with Gasteiger partial charge in [-0.15, -0.1) is 11.3 Å². The molecule has 0 unspecified atom stereocenters. The number of nitrogens with zero attached hydrogens (tertiary/aromatic N) is 3. The molecule has 0 aliphatic rings. The molecule has 2 aromatic heterocycles. The summed E-state index contributed by atoms with van der Waals surface area (Å²) in [7, 11) is 1.78. The van der Waals surface area contributed by atoms with Crippen LogP contribution in [-0.4, -0.2) is 28.0 Å². The Morgan fingerprint density at radius 3 is 2.78 bits per heavy atom. The number of hydrogen-bond donors (Lipinski definition) is 0. The van der Waals surface area contributed by atoms with E-state index in [4.69, 9.17) is 4.52 Å². The number of rotatable bonds is 4. The van der Waals surface area contributed by atoms with Crippen molar-refractivity contribution in [2.24, 2.45) is 0 Å². The minimum Gasteiger partial charge on any atom is -0.360 e. The predicted octanol–water partition coefficient (Wildman–Crippen LogP) is 3.99. The van der Waals surface area contributed by atoms with Gasteiger partial charge in [-0.3, -0.25) is 4.79 Å². The summed E-state index contributed by atoms with van der Waals surface area (Å²) in [4.78, 5) is 19.0. The summed E-state index contributed by atoms with van der Waals surface area (Å²) >= 11 is 1.61. The Bertz CT molecular complexity index is 818. The van der Waals surface area contributed by atoms with Crippen molar-refractivity contribution in [2.45, 2.75) is 33.2 Å². The normalized spacial score (nSPS) is 11.3. The number of hydrogen-bond acceptors (Lipinski definition) is 5. The van der Waals surface area contributed by atoms with Crippen molar-refractivity contribution in [3.05, 3.63) is 46.3 Å². The first kappa shape index (κ1) is 15.7. The van der Waals surface area contributed by atoms with E-state index in [1.165, 1.54) is 0 Å². The van der Waals surface area contributed by atoms with Gasteiger partial charge in [-0.2, -0.15) is 0 Å². The van der Waals surface area contributed by atoms with Crippen molar-refractivity contribution in [3.8, 4) is 0 Å². The number of carbonyl (C=O) groups excluding carboxylic acids is 1. The predicted molar refractivity (Wildman–Crippen MR) is 90.7 cm³/mol. The highest BCUT2D eigenvalue weighted by Gasteiger charge is 2.25. The van der Waals surface area contributed by atoms with Crippen LogP contribution in [0.5, 0.6) is 0 Å². The van der Waals surface area contributed by atoms with Gasteiger partial charge >= 0.3 is 0 Å². The van der Waals surface area contributed by atoms with Crippen LogP contribution in [0.1, 0.15) is 46.6 Å². The Morgan fingerprint density at radius 1 is 1.35 bits per heavy atom. The van der Waals surface area contributed by atoms with Crippen molar-refractivity contribution >= 4 is 27.5 Å². The van der Waals surface area contributed by atoms with E-state index in [0.29, 0.717) is 23.6 Å². The van der Waals surface area contributed by atoms with E-state index in [-0.39, 0.29) is 11.8 Å². The third kappa shape index (κ3) is 2.99. The molecule has 2 heterocycles. The zero-order valence-corrected chi connectivity index (χ0v) is 14.5. The third-order valence-corrected chi connectivity index (χ3v) is 4.71. The fourth-order valence-corrected chi connectivity index (χ4v) is 3.52. The summed E-state index contributed by atoms with van der Waals surface area (Å²) in [6.45, 7) is 6.25. The van der Waals surface area contributed by atoms with E-state index in [2.05, 4.69) is 10.1 Å². The quantitative estimate of drug-likeness (QED) is 0.726. The molecule has 0 spiro atoms. The molecular weight excluding hydrogens is 310 g/mol.